The van der Waals surface area contributed by atoms with Gasteiger partial charge in [-0.1, -0.05) is 36.4 Å². The largest absolute Gasteiger partial charge is 0.373 e. The highest BCUT2D eigenvalue weighted by atomic mass is 16.5. The average molecular weight is 396 g/mol. The second kappa shape index (κ2) is 10.0. The van der Waals surface area contributed by atoms with Crippen LogP contribution in [0, 0.1) is 0 Å². The van der Waals surface area contributed by atoms with Gasteiger partial charge in [-0.3, -0.25) is 9.69 Å². The van der Waals surface area contributed by atoms with Gasteiger partial charge in [0, 0.05) is 38.3 Å². The monoisotopic (exact) mass is 395 g/mol. The molecule has 0 unspecified atom stereocenters. The smallest absolute Gasteiger partial charge is 0.251 e. The Kier molecular flexibility index (Phi) is 7.42. The van der Waals surface area contributed by atoms with Crippen molar-refractivity contribution in [2.75, 3.05) is 27.2 Å². The van der Waals surface area contributed by atoms with Crippen molar-refractivity contribution in [3.63, 3.8) is 0 Å². The number of nitrogens with one attached hydrogen (secondary N) is 1. The summed E-state index contributed by atoms with van der Waals surface area (Å²) < 4.78 is 5.79. The van der Waals surface area contributed by atoms with Crippen LogP contribution in [0.25, 0.3) is 0 Å². The number of carbonyl (C=O) groups is 1. The number of morpholine rings is 1. The first-order valence-electron chi connectivity index (χ1n) is 10.4. The SMILES string of the molecule is C[C@@H]1CN(Cc2ccc(C(=O)NCc3ccc(CN(C)C)cc3)cc2)C[C@H](C)O1. The Morgan fingerprint density at radius 1 is 0.966 bits per heavy atom. The highest BCUT2D eigenvalue weighted by Crippen LogP contribution is 2.15. The molecule has 0 spiro atoms. The molecule has 1 aliphatic rings. The van der Waals surface area contributed by atoms with E-state index >= 15 is 0 Å². The lowest BCUT2D eigenvalue weighted by Gasteiger charge is -2.35. The third-order valence-corrected chi connectivity index (χ3v) is 5.09. The van der Waals surface area contributed by atoms with Crippen LogP contribution in [-0.2, 0) is 24.4 Å². The van der Waals surface area contributed by atoms with Crippen molar-refractivity contribution >= 4 is 5.91 Å². The molecule has 156 valence electrons. The number of amides is 1. The van der Waals surface area contributed by atoms with Gasteiger partial charge in [-0.05, 0) is 56.8 Å². The van der Waals surface area contributed by atoms with Crippen molar-refractivity contribution in [1.82, 2.24) is 15.1 Å². The van der Waals surface area contributed by atoms with Gasteiger partial charge >= 0.3 is 0 Å². The van der Waals surface area contributed by atoms with Gasteiger partial charge in [-0.15, -0.1) is 0 Å². The van der Waals surface area contributed by atoms with E-state index in [0.29, 0.717) is 12.1 Å². The van der Waals surface area contributed by atoms with Gasteiger partial charge in [-0.2, -0.15) is 0 Å². The van der Waals surface area contributed by atoms with E-state index in [1.54, 1.807) is 0 Å². The molecule has 29 heavy (non-hydrogen) atoms. The van der Waals surface area contributed by atoms with Crippen LogP contribution in [-0.4, -0.2) is 55.1 Å². The van der Waals surface area contributed by atoms with Crippen LogP contribution in [0.1, 0.15) is 40.9 Å². The van der Waals surface area contributed by atoms with Crippen LogP contribution in [0.2, 0.25) is 0 Å². The third kappa shape index (κ3) is 6.67. The van der Waals surface area contributed by atoms with Crippen LogP contribution in [0.4, 0.5) is 0 Å². The van der Waals surface area contributed by atoms with E-state index in [4.69, 9.17) is 4.74 Å². The molecule has 2 aromatic rings. The summed E-state index contributed by atoms with van der Waals surface area (Å²) in [5.41, 5.74) is 4.29. The van der Waals surface area contributed by atoms with E-state index in [2.05, 4.69) is 79.5 Å². The van der Waals surface area contributed by atoms with Crippen molar-refractivity contribution < 1.29 is 9.53 Å². The molecule has 2 aromatic carbocycles. The zero-order valence-corrected chi connectivity index (χ0v) is 18.0. The van der Waals surface area contributed by atoms with Gasteiger partial charge in [-0.25, -0.2) is 0 Å². The fourth-order valence-electron chi connectivity index (χ4n) is 3.85. The summed E-state index contributed by atoms with van der Waals surface area (Å²) in [6.07, 6.45) is 0.529. The molecule has 1 fully saturated rings. The first-order chi connectivity index (χ1) is 13.9. The minimum atomic E-state index is -0.0393. The molecule has 1 N–H and O–H groups in total. The molecule has 5 nitrogen and oxygen atoms in total. The summed E-state index contributed by atoms with van der Waals surface area (Å²) in [5.74, 6) is -0.0393. The fraction of sp³-hybridized carbons (Fsp3) is 0.458. The Morgan fingerprint density at radius 2 is 1.52 bits per heavy atom. The van der Waals surface area contributed by atoms with Crippen LogP contribution < -0.4 is 5.32 Å². The highest BCUT2D eigenvalue weighted by Gasteiger charge is 2.22. The Labute approximate surface area is 174 Å². The Hall–Kier alpha value is -2.21. The van der Waals surface area contributed by atoms with Crippen LogP contribution >= 0.6 is 0 Å². The number of rotatable bonds is 7. The topological polar surface area (TPSA) is 44.8 Å². The number of carbonyl (C=O) groups excluding carboxylic acids is 1. The van der Waals surface area contributed by atoms with Crippen molar-refractivity contribution in [2.45, 2.75) is 45.7 Å². The normalized spacial score (nSPS) is 20.0. The molecule has 1 saturated heterocycles. The predicted molar refractivity (Wildman–Crippen MR) is 117 cm³/mol. The second-order valence-corrected chi connectivity index (χ2v) is 8.39. The lowest BCUT2D eigenvalue weighted by Crippen LogP contribution is -2.44. The maximum Gasteiger partial charge on any atom is 0.251 e. The number of ether oxygens (including phenoxy) is 1. The maximum atomic E-state index is 12.5. The first kappa shape index (κ1) is 21.5. The van der Waals surface area contributed by atoms with E-state index in [1.165, 1.54) is 11.1 Å². The summed E-state index contributed by atoms with van der Waals surface area (Å²) in [6, 6.07) is 16.3. The lowest BCUT2D eigenvalue weighted by molar-refractivity contribution is -0.0704. The molecule has 0 aliphatic carbocycles. The minimum Gasteiger partial charge on any atom is -0.373 e. The van der Waals surface area contributed by atoms with E-state index in [-0.39, 0.29) is 18.1 Å². The third-order valence-electron chi connectivity index (χ3n) is 5.09. The predicted octanol–water partition coefficient (Wildman–Crippen LogP) is 3.29. The van der Waals surface area contributed by atoms with Crippen molar-refractivity contribution in [3.05, 3.63) is 70.8 Å². The van der Waals surface area contributed by atoms with Gasteiger partial charge in [0.1, 0.15) is 0 Å². The van der Waals surface area contributed by atoms with Gasteiger partial charge in [0.25, 0.3) is 5.91 Å². The average Bonchev–Trinajstić information content (AvgIpc) is 2.66. The van der Waals surface area contributed by atoms with Crippen LogP contribution in [0.15, 0.2) is 48.5 Å². The summed E-state index contributed by atoms with van der Waals surface area (Å²) in [6.45, 7) is 8.46. The molecule has 1 amide bonds. The quantitative estimate of drug-likeness (QED) is 0.781. The molecular weight excluding hydrogens is 362 g/mol. The minimum absolute atomic E-state index is 0.0393. The van der Waals surface area contributed by atoms with Crippen molar-refractivity contribution in [1.29, 1.82) is 0 Å². The number of hydrogen-bond donors (Lipinski definition) is 1. The Morgan fingerprint density at radius 3 is 2.10 bits per heavy atom. The zero-order chi connectivity index (χ0) is 20.8. The summed E-state index contributed by atoms with van der Waals surface area (Å²) >= 11 is 0. The van der Waals surface area contributed by atoms with Crippen molar-refractivity contribution in [3.8, 4) is 0 Å². The molecule has 0 saturated carbocycles. The van der Waals surface area contributed by atoms with E-state index in [1.807, 2.05) is 12.1 Å². The molecule has 5 heteroatoms. The molecule has 0 aromatic heterocycles. The molecule has 0 bridgehead atoms. The molecular formula is C24H33N3O2. The zero-order valence-electron chi connectivity index (χ0n) is 18.0. The Balaban J connectivity index is 1.50. The van der Waals surface area contributed by atoms with Crippen LogP contribution in [0.3, 0.4) is 0 Å². The summed E-state index contributed by atoms with van der Waals surface area (Å²) in [4.78, 5) is 17.0. The van der Waals surface area contributed by atoms with Gasteiger partial charge in [0.15, 0.2) is 0 Å². The summed E-state index contributed by atoms with van der Waals surface area (Å²) in [7, 11) is 4.11. The van der Waals surface area contributed by atoms with Crippen molar-refractivity contribution in [2.24, 2.45) is 0 Å². The van der Waals surface area contributed by atoms with Crippen LogP contribution in [0.5, 0.6) is 0 Å². The maximum absolute atomic E-state index is 12.5. The molecule has 0 radical (unpaired) electrons. The summed E-state index contributed by atoms with van der Waals surface area (Å²) in [5, 5.41) is 3.01. The number of hydrogen-bond acceptors (Lipinski definition) is 4. The van der Waals surface area contributed by atoms with E-state index < -0.39 is 0 Å². The highest BCUT2D eigenvalue weighted by molar-refractivity contribution is 5.94. The standard InChI is InChI=1S/C24H33N3O2/c1-18-14-27(15-19(2)29-18)17-22-9-11-23(12-10-22)24(28)25-13-20-5-7-21(8-6-20)16-26(3)4/h5-12,18-19H,13-17H2,1-4H3,(H,25,28)/t18-,19+. The Bertz CT molecular complexity index is 777. The first-order valence-corrected chi connectivity index (χ1v) is 10.4. The molecule has 1 heterocycles. The molecule has 3 rings (SSSR count). The molecule has 1 aliphatic heterocycles. The van der Waals surface area contributed by atoms with Gasteiger partial charge in [0.05, 0.1) is 12.2 Å². The van der Waals surface area contributed by atoms with Gasteiger partial charge < -0.3 is 15.0 Å². The number of benzene rings is 2. The molecule has 2 atom stereocenters. The van der Waals surface area contributed by atoms with Gasteiger partial charge in [0.2, 0.25) is 0 Å². The lowest BCUT2D eigenvalue weighted by atomic mass is 10.1. The van der Waals surface area contributed by atoms with E-state index in [0.717, 1.165) is 31.7 Å². The van der Waals surface area contributed by atoms with E-state index in [9.17, 15) is 4.79 Å². The fourth-order valence-corrected chi connectivity index (χ4v) is 3.85. The number of nitrogens with zero attached hydrogens (tertiary/aromatic N) is 2. The second-order valence-electron chi connectivity index (χ2n) is 8.39.